The molecule has 1 aliphatic rings. The molecule has 0 bridgehead atoms. The van der Waals surface area contributed by atoms with Crippen molar-refractivity contribution < 1.29 is 0 Å². The topological polar surface area (TPSA) is 43.6 Å². The first-order valence-corrected chi connectivity index (χ1v) is 16.4. The molecule has 1 aliphatic carbocycles. The van der Waals surface area contributed by atoms with Crippen LogP contribution < -0.4 is 0 Å². The molecule has 9 rings (SSSR count). The van der Waals surface area contributed by atoms with Crippen LogP contribution in [0.25, 0.3) is 73.1 Å². The summed E-state index contributed by atoms with van der Waals surface area (Å²) in [5.74, 6) is 1.95. The summed E-state index contributed by atoms with van der Waals surface area (Å²) in [5.41, 5.74) is 12.5. The van der Waals surface area contributed by atoms with Gasteiger partial charge in [0.25, 0.3) is 0 Å². The van der Waals surface area contributed by atoms with Gasteiger partial charge < -0.3 is 4.57 Å². The Morgan fingerprint density at radius 3 is 1.54 bits per heavy atom. The summed E-state index contributed by atoms with van der Waals surface area (Å²) in [5, 5.41) is 1.16. The molecule has 0 saturated heterocycles. The molecule has 2 aromatic heterocycles. The molecule has 0 atom stereocenters. The number of aromatic nitrogens is 4. The minimum absolute atomic E-state index is 0.207. The molecule has 228 valence electrons. The van der Waals surface area contributed by atoms with Crippen LogP contribution in [0.2, 0.25) is 0 Å². The fourth-order valence-corrected chi connectivity index (χ4v) is 7.37. The number of fused-ring (bicyclic) bond motifs is 7. The SMILES string of the molecule is CC1(C)c2ccccc2-c2c(n(-c3ccccc3)c3ccc(-c4nc(-c5ccccc5)nc(-c5ccccc5)n4)cc23)-c2ccccc21. The minimum Gasteiger partial charge on any atom is -0.309 e. The lowest BCUT2D eigenvalue weighted by Crippen LogP contribution is -2.20. The molecule has 0 amide bonds. The fraction of sp³-hybridized carbons (Fsp3) is 0.0682. The van der Waals surface area contributed by atoms with Gasteiger partial charge >= 0.3 is 0 Å². The molecule has 0 aliphatic heterocycles. The van der Waals surface area contributed by atoms with E-state index >= 15 is 0 Å². The predicted molar refractivity (Wildman–Crippen MR) is 196 cm³/mol. The van der Waals surface area contributed by atoms with E-state index in [1.165, 1.54) is 33.5 Å². The lowest BCUT2D eigenvalue weighted by molar-refractivity contribution is 0.646. The van der Waals surface area contributed by atoms with E-state index in [-0.39, 0.29) is 5.41 Å². The van der Waals surface area contributed by atoms with Crippen LogP contribution in [0, 0.1) is 0 Å². The lowest BCUT2D eigenvalue weighted by atomic mass is 9.75. The first-order chi connectivity index (χ1) is 23.6. The van der Waals surface area contributed by atoms with Crippen LogP contribution in [0.4, 0.5) is 0 Å². The summed E-state index contributed by atoms with van der Waals surface area (Å²) in [6, 6.07) is 55.5. The Morgan fingerprint density at radius 1 is 0.458 bits per heavy atom. The first kappa shape index (κ1) is 28.1. The average molecular weight is 617 g/mol. The second-order valence-corrected chi connectivity index (χ2v) is 12.9. The second kappa shape index (κ2) is 11.0. The van der Waals surface area contributed by atoms with Crippen LogP contribution in [0.15, 0.2) is 158 Å². The van der Waals surface area contributed by atoms with E-state index in [1.54, 1.807) is 0 Å². The number of nitrogens with zero attached hydrogens (tertiary/aromatic N) is 4. The van der Waals surface area contributed by atoms with Crippen molar-refractivity contribution in [3.8, 4) is 62.2 Å². The largest absolute Gasteiger partial charge is 0.309 e. The first-order valence-electron chi connectivity index (χ1n) is 16.4. The molecule has 0 spiro atoms. The average Bonchev–Trinajstić information content (AvgIpc) is 3.46. The highest BCUT2D eigenvalue weighted by atomic mass is 15.0. The monoisotopic (exact) mass is 616 g/mol. The van der Waals surface area contributed by atoms with Crippen molar-refractivity contribution in [1.29, 1.82) is 0 Å². The lowest BCUT2D eigenvalue weighted by Gasteiger charge is -2.28. The third-order valence-electron chi connectivity index (χ3n) is 9.66. The van der Waals surface area contributed by atoms with E-state index in [4.69, 9.17) is 15.0 Å². The Morgan fingerprint density at radius 2 is 0.938 bits per heavy atom. The summed E-state index contributed by atoms with van der Waals surface area (Å²) in [6.07, 6.45) is 0. The van der Waals surface area contributed by atoms with E-state index in [9.17, 15) is 0 Å². The van der Waals surface area contributed by atoms with Crippen molar-refractivity contribution in [3.05, 3.63) is 169 Å². The van der Waals surface area contributed by atoms with Crippen LogP contribution in [0.1, 0.15) is 25.0 Å². The molecule has 0 fully saturated rings. The molecule has 6 aromatic carbocycles. The van der Waals surface area contributed by atoms with Gasteiger partial charge in [-0.25, -0.2) is 15.0 Å². The minimum atomic E-state index is -0.207. The van der Waals surface area contributed by atoms with E-state index in [0.717, 1.165) is 33.3 Å². The molecule has 0 saturated carbocycles. The molecule has 48 heavy (non-hydrogen) atoms. The summed E-state index contributed by atoms with van der Waals surface area (Å²) < 4.78 is 2.43. The Balaban J connectivity index is 1.38. The van der Waals surface area contributed by atoms with Gasteiger partial charge in [0.05, 0.1) is 11.2 Å². The highest BCUT2D eigenvalue weighted by molar-refractivity contribution is 6.09. The Labute approximate surface area is 280 Å². The number of hydrogen-bond acceptors (Lipinski definition) is 3. The molecule has 4 heteroatoms. The van der Waals surface area contributed by atoms with Crippen molar-refractivity contribution in [3.63, 3.8) is 0 Å². The molecule has 0 unspecified atom stereocenters. The van der Waals surface area contributed by atoms with Gasteiger partial charge in [-0.15, -0.1) is 0 Å². The van der Waals surface area contributed by atoms with Gasteiger partial charge in [-0.1, -0.05) is 141 Å². The molecule has 0 radical (unpaired) electrons. The zero-order valence-corrected chi connectivity index (χ0v) is 26.8. The highest BCUT2D eigenvalue weighted by Crippen LogP contribution is 2.52. The normalized spacial score (nSPS) is 13.0. The van der Waals surface area contributed by atoms with E-state index in [0.29, 0.717) is 17.5 Å². The van der Waals surface area contributed by atoms with Gasteiger partial charge in [0.2, 0.25) is 0 Å². The second-order valence-electron chi connectivity index (χ2n) is 12.9. The van der Waals surface area contributed by atoms with Gasteiger partial charge in [-0.3, -0.25) is 0 Å². The molecular weight excluding hydrogens is 585 g/mol. The third kappa shape index (κ3) is 4.41. The Bertz CT molecular complexity index is 2400. The number of para-hydroxylation sites is 1. The maximum absolute atomic E-state index is 5.08. The van der Waals surface area contributed by atoms with Gasteiger partial charge in [-0.05, 0) is 47.0 Å². The quantitative estimate of drug-likeness (QED) is 0.198. The van der Waals surface area contributed by atoms with Crippen molar-refractivity contribution in [2.45, 2.75) is 19.3 Å². The summed E-state index contributed by atoms with van der Waals surface area (Å²) in [4.78, 5) is 15.1. The van der Waals surface area contributed by atoms with Crippen LogP contribution in [0.3, 0.4) is 0 Å². The van der Waals surface area contributed by atoms with Gasteiger partial charge in [0.1, 0.15) is 0 Å². The van der Waals surface area contributed by atoms with Crippen LogP contribution in [0.5, 0.6) is 0 Å². The van der Waals surface area contributed by atoms with Crippen LogP contribution in [-0.4, -0.2) is 19.5 Å². The fourth-order valence-electron chi connectivity index (χ4n) is 7.37. The highest BCUT2D eigenvalue weighted by Gasteiger charge is 2.36. The number of benzene rings is 6. The standard InChI is InChI=1S/C44H32N4/c1-44(2)36-24-14-12-22-33(36)39-35-28-31(43-46-41(29-16-6-3-7-17-29)45-42(47-43)30-18-8-4-9-19-30)26-27-38(35)48(32-20-10-5-11-21-32)40(39)34-23-13-15-25-37(34)44/h3-28H,1-2H3. The number of rotatable bonds is 4. The van der Waals surface area contributed by atoms with Gasteiger partial charge in [0.15, 0.2) is 17.5 Å². The van der Waals surface area contributed by atoms with Crippen LogP contribution >= 0.6 is 0 Å². The van der Waals surface area contributed by atoms with Crippen molar-refractivity contribution in [2.24, 2.45) is 0 Å². The van der Waals surface area contributed by atoms with Crippen molar-refractivity contribution in [1.82, 2.24) is 19.5 Å². The molecule has 4 nitrogen and oxygen atoms in total. The molecule has 8 aromatic rings. The predicted octanol–water partition coefficient (Wildman–Crippen LogP) is 10.8. The zero-order valence-electron chi connectivity index (χ0n) is 26.8. The molecule has 0 N–H and O–H groups in total. The van der Waals surface area contributed by atoms with Gasteiger partial charge in [0, 0.05) is 44.3 Å². The summed E-state index contributed by atoms with van der Waals surface area (Å²) >= 11 is 0. The Kier molecular flexibility index (Phi) is 6.44. The molecule has 2 heterocycles. The van der Waals surface area contributed by atoms with Crippen molar-refractivity contribution in [2.75, 3.05) is 0 Å². The Hall–Kier alpha value is -6.13. The zero-order chi connectivity index (χ0) is 32.2. The number of hydrogen-bond donors (Lipinski definition) is 0. The van der Waals surface area contributed by atoms with Crippen LogP contribution in [-0.2, 0) is 5.41 Å². The summed E-state index contributed by atoms with van der Waals surface area (Å²) in [6.45, 7) is 4.69. The van der Waals surface area contributed by atoms with E-state index in [1.807, 2.05) is 60.7 Å². The van der Waals surface area contributed by atoms with Gasteiger partial charge in [-0.2, -0.15) is 0 Å². The summed E-state index contributed by atoms with van der Waals surface area (Å²) in [7, 11) is 0. The maximum atomic E-state index is 5.08. The molecular formula is C44H32N4. The smallest absolute Gasteiger partial charge is 0.164 e. The third-order valence-corrected chi connectivity index (χ3v) is 9.66. The maximum Gasteiger partial charge on any atom is 0.164 e. The van der Waals surface area contributed by atoms with E-state index < -0.39 is 0 Å². The van der Waals surface area contributed by atoms with E-state index in [2.05, 4.69) is 115 Å². The van der Waals surface area contributed by atoms with Crippen molar-refractivity contribution >= 4 is 10.9 Å².